The first-order valence-electron chi connectivity index (χ1n) is 5.98. The van der Waals surface area contributed by atoms with E-state index in [0.29, 0.717) is 16.7 Å². The van der Waals surface area contributed by atoms with Gasteiger partial charge in [-0.25, -0.2) is 4.39 Å². The van der Waals surface area contributed by atoms with Crippen LogP contribution in [0.5, 0.6) is 0 Å². The van der Waals surface area contributed by atoms with Crippen LogP contribution in [0.25, 0.3) is 12.2 Å². The maximum Gasteiger partial charge on any atom is 0.272 e. The number of nitro benzene ring substituents is 1. The lowest BCUT2D eigenvalue weighted by Crippen LogP contribution is -2.10. The second-order valence-corrected chi connectivity index (χ2v) is 4.32. The van der Waals surface area contributed by atoms with Gasteiger partial charge in [0.15, 0.2) is 0 Å². The number of hydrogen-bond donors (Lipinski definition) is 1. The van der Waals surface area contributed by atoms with Gasteiger partial charge < -0.3 is 5.73 Å². The van der Waals surface area contributed by atoms with E-state index in [1.807, 2.05) is 0 Å². The summed E-state index contributed by atoms with van der Waals surface area (Å²) in [6.07, 6.45) is 3.14. The third kappa shape index (κ3) is 3.73. The highest BCUT2D eigenvalue weighted by molar-refractivity contribution is 5.93. The van der Waals surface area contributed by atoms with E-state index in [2.05, 4.69) is 0 Å². The second-order valence-electron chi connectivity index (χ2n) is 4.32. The molecule has 0 heterocycles. The van der Waals surface area contributed by atoms with Crippen LogP contribution in [-0.2, 0) is 0 Å². The molecule has 0 spiro atoms. The SMILES string of the molecule is NC(=O)c1cccc(/C=C/c2cc(F)cc([N+](=O)[O-])c2)c1. The minimum Gasteiger partial charge on any atom is -0.366 e. The Labute approximate surface area is 119 Å². The average molecular weight is 286 g/mol. The monoisotopic (exact) mass is 286 g/mol. The van der Waals surface area contributed by atoms with Crippen LogP contribution in [0.2, 0.25) is 0 Å². The van der Waals surface area contributed by atoms with Crippen molar-refractivity contribution in [3.8, 4) is 0 Å². The smallest absolute Gasteiger partial charge is 0.272 e. The second kappa shape index (κ2) is 5.96. The summed E-state index contributed by atoms with van der Waals surface area (Å²) >= 11 is 0. The molecule has 0 saturated heterocycles. The Morgan fingerprint density at radius 2 is 1.86 bits per heavy atom. The van der Waals surface area contributed by atoms with Crippen LogP contribution in [0.1, 0.15) is 21.5 Å². The van der Waals surface area contributed by atoms with Crippen molar-refractivity contribution in [3.63, 3.8) is 0 Å². The molecule has 5 nitrogen and oxygen atoms in total. The molecule has 0 radical (unpaired) electrons. The fourth-order valence-electron chi connectivity index (χ4n) is 1.79. The fourth-order valence-corrected chi connectivity index (χ4v) is 1.79. The quantitative estimate of drug-likeness (QED) is 0.532. The highest BCUT2D eigenvalue weighted by Gasteiger charge is 2.08. The summed E-state index contributed by atoms with van der Waals surface area (Å²) < 4.78 is 13.3. The Kier molecular flexibility index (Phi) is 4.08. The van der Waals surface area contributed by atoms with E-state index in [1.54, 1.807) is 30.3 Å². The molecule has 0 aliphatic rings. The molecule has 2 aromatic carbocycles. The maximum absolute atomic E-state index is 13.3. The van der Waals surface area contributed by atoms with Gasteiger partial charge in [0.2, 0.25) is 5.91 Å². The van der Waals surface area contributed by atoms with Crippen molar-refractivity contribution < 1.29 is 14.1 Å². The van der Waals surface area contributed by atoms with Gasteiger partial charge in [-0.3, -0.25) is 14.9 Å². The number of carbonyl (C=O) groups excluding carboxylic acids is 1. The summed E-state index contributed by atoms with van der Waals surface area (Å²) in [5, 5.41) is 10.7. The van der Waals surface area contributed by atoms with Crippen molar-refractivity contribution in [3.05, 3.63) is 75.1 Å². The minimum atomic E-state index is -0.685. The number of carbonyl (C=O) groups is 1. The molecule has 2 rings (SSSR count). The van der Waals surface area contributed by atoms with Crippen LogP contribution in [0.4, 0.5) is 10.1 Å². The molecule has 1 amide bonds. The van der Waals surface area contributed by atoms with Crippen molar-refractivity contribution >= 4 is 23.7 Å². The summed E-state index contributed by atoms with van der Waals surface area (Å²) in [6.45, 7) is 0. The normalized spacial score (nSPS) is 10.7. The molecule has 2 N–H and O–H groups in total. The third-order valence-corrected chi connectivity index (χ3v) is 2.76. The zero-order valence-corrected chi connectivity index (χ0v) is 10.8. The van der Waals surface area contributed by atoms with Crippen LogP contribution in [0.15, 0.2) is 42.5 Å². The van der Waals surface area contributed by atoms with Crippen molar-refractivity contribution in [2.24, 2.45) is 5.73 Å². The molecule has 21 heavy (non-hydrogen) atoms. The first-order valence-corrected chi connectivity index (χ1v) is 5.98. The largest absolute Gasteiger partial charge is 0.366 e. The molecule has 0 aliphatic heterocycles. The summed E-state index contributed by atoms with van der Waals surface area (Å²) in [6, 6.07) is 9.84. The summed E-state index contributed by atoms with van der Waals surface area (Å²) in [7, 11) is 0. The Bertz CT molecular complexity index is 741. The molecule has 0 unspecified atom stereocenters. The number of nitrogens with two attached hydrogens (primary N) is 1. The van der Waals surface area contributed by atoms with E-state index in [0.717, 1.165) is 6.07 Å². The molecule has 6 heteroatoms. The fraction of sp³-hybridized carbons (Fsp3) is 0. The highest BCUT2D eigenvalue weighted by Crippen LogP contribution is 2.18. The Morgan fingerprint density at radius 1 is 1.14 bits per heavy atom. The van der Waals surface area contributed by atoms with Gasteiger partial charge in [-0.2, -0.15) is 0 Å². The van der Waals surface area contributed by atoms with Crippen molar-refractivity contribution in [1.29, 1.82) is 0 Å². The van der Waals surface area contributed by atoms with Crippen LogP contribution in [-0.4, -0.2) is 10.8 Å². The van der Waals surface area contributed by atoms with Crippen LogP contribution >= 0.6 is 0 Å². The molecule has 0 fully saturated rings. The molecule has 106 valence electrons. The molecule has 0 saturated carbocycles. The lowest BCUT2D eigenvalue weighted by Gasteiger charge is -1.99. The number of nitro groups is 1. The lowest BCUT2D eigenvalue weighted by molar-refractivity contribution is -0.385. The molecule has 0 atom stereocenters. The average Bonchev–Trinajstić information content (AvgIpc) is 2.45. The summed E-state index contributed by atoms with van der Waals surface area (Å²) in [4.78, 5) is 21.1. The number of non-ortho nitro benzene ring substituents is 1. The van der Waals surface area contributed by atoms with Gasteiger partial charge in [0.25, 0.3) is 5.69 Å². The predicted molar refractivity (Wildman–Crippen MR) is 76.9 cm³/mol. The van der Waals surface area contributed by atoms with Crippen LogP contribution in [0, 0.1) is 15.9 Å². The minimum absolute atomic E-state index is 0.319. The molecular weight excluding hydrogens is 275 g/mol. The predicted octanol–water partition coefficient (Wildman–Crippen LogP) is 3.00. The third-order valence-electron chi connectivity index (χ3n) is 2.76. The molecule has 0 aliphatic carbocycles. The van der Waals surface area contributed by atoms with Crippen molar-refractivity contribution in [2.75, 3.05) is 0 Å². The number of amides is 1. The number of benzene rings is 2. The molecule has 0 bridgehead atoms. The van der Waals surface area contributed by atoms with E-state index >= 15 is 0 Å². The van der Waals surface area contributed by atoms with E-state index in [4.69, 9.17) is 5.73 Å². The number of halogens is 1. The van der Waals surface area contributed by atoms with Crippen LogP contribution < -0.4 is 5.73 Å². The van der Waals surface area contributed by atoms with Gasteiger partial charge in [0.1, 0.15) is 5.82 Å². The van der Waals surface area contributed by atoms with Gasteiger partial charge in [-0.15, -0.1) is 0 Å². The van der Waals surface area contributed by atoms with Gasteiger partial charge in [0, 0.05) is 11.6 Å². The lowest BCUT2D eigenvalue weighted by atomic mass is 10.1. The first kappa shape index (κ1) is 14.4. The zero-order chi connectivity index (χ0) is 15.4. The number of rotatable bonds is 4. The Hall–Kier alpha value is -3.02. The number of primary amides is 1. The van der Waals surface area contributed by atoms with Gasteiger partial charge in [0.05, 0.1) is 11.0 Å². The highest BCUT2D eigenvalue weighted by atomic mass is 19.1. The molecular formula is C15H11FN2O3. The Balaban J connectivity index is 2.31. The topological polar surface area (TPSA) is 86.2 Å². The molecule has 0 aromatic heterocycles. The number of hydrogen-bond acceptors (Lipinski definition) is 3. The van der Waals surface area contributed by atoms with Gasteiger partial charge in [-0.05, 0) is 29.3 Å². The van der Waals surface area contributed by atoms with Crippen molar-refractivity contribution in [2.45, 2.75) is 0 Å². The van der Waals surface area contributed by atoms with Crippen LogP contribution in [0.3, 0.4) is 0 Å². The maximum atomic E-state index is 13.3. The standard InChI is InChI=1S/C15H11FN2O3/c16-13-7-11(8-14(9-13)18(20)21)5-4-10-2-1-3-12(6-10)15(17)19/h1-9H,(H2,17,19)/b5-4+. The van der Waals surface area contributed by atoms with E-state index in [-0.39, 0.29) is 5.69 Å². The van der Waals surface area contributed by atoms with Gasteiger partial charge >= 0.3 is 0 Å². The zero-order valence-electron chi connectivity index (χ0n) is 10.8. The Morgan fingerprint density at radius 3 is 2.52 bits per heavy atom. The van der Waals surface area contributed by atoms with Gasteiger partial charge in [-0.1, -0.05) is 24.3 Å². The summed E-state index contributed by atoms with van der Waals surface area (Å²) in [5.41, 5.74) is 6.24. The van der Waals surface area contributed by atoms with E-state index in [1.165, 1.54) is 18.2 Å². The number of nitrogens with zero attached hydrogens (tertiary/aromatic N) is 1. The van der Waals surface area contributed by atoms with E-state index in [9.17, 15) is 19.3 Å². The van der Waals surface area contributed by atoms with E-state index < -0.39 is 16.6 Å². The van der Waals surface area contributed by atoms with Crippen molar-refractivity contribution in [1.82, 2.24) is 0 Å². The first-order chi connectivity index (χ1) is 9.95. The molecule has 2 aromatic rings. The summed E-state index contributed by atoms with van der Waals surface area (Å²) in [5.74, 6) is -1.23.